The minimum Gasteiger partial charge on any atom is -0.416 e. The first-order valence-corrected chi connectivity index (χ1v) is 10.9. The summed E-state index contributed by atoms with van der Waals surface area (Å²) in [6.07, 6.45) is 1.55. The van der Waals surface area contributed by atoms with Crippen molar-refractivity contribution in [1.29, 1.82) is 5.26 Å². The van der Waals surface area contributed by atoms with Crippen LogP contribution in [0.1, 0.15) is 34.6 Å². The SMILES string of the molecule is CC(NC(=O)c1coc(Oc2cccc(C#N)c2)n1)c1cc(F)c(NS(C)(=O)=O)c(F)c1. The van der Waals surface area contributed by atoms with Crippen LogP contribution in [0.3, 0.4) is 0 Å². The summed E-state index contributed by atoms with van der Waals surface area (Å²) in [4.78, 5) is 16.3. The molecule has 166 valence electrons. The molecule has 9 nitrogen and oxygen atoms in total. The minimum atomic E-state index is -3.88. The number of nitrogens with one attached hydrogen (secondary N) is 2. The standard InChI is InChI=1S/C20H16F2N4O5S/c1-11(13-7-15(21)18(16(22)8-13)26-32(2,28)29)24-19(27)17-10-30-20(25-17)31-14-5-3-4-12(6-14)9-23/h3-8,10-11,26H,1-2H3,(H,24,27). The molecular formula is C20H16F2N4O5S. The maximum absolute atomic E-state index is 14.2. The van der Waals surface area contributed by atoms with Crippen molar-refractivity contribution in [3.63, 3.8) is 0 Å². The van der Waals surface area contributed by atoms with Gasteiger partial charge >= 0.3 is 6.08 Å². The third-order valence-corrected chi connectivity index (χ3v) is 4.66. The van der Waals surface area contributed by atoms with Crippen molar-refractivity contribution >= 4 is 21.6 Å². The van der Waals surface area contributed by atoms with Gasteiger partial charge in [0.1, 0.15) is 17.7 Å². The predicted octanol–water partition coefficient (Wildman–Crippen LogP) is 3.48. The van der Waals surface area contributed by atoms with Crippen molar-refractivity contribution in [3.8, 4) is 17.9 Å². The van der Waals surface area contributed by atoms with E-state index in [0.29, 0.717) is 5.56 Å². The number of oxazole rings is 1. The van der Waals surface area contributed by atoms with Crippen LogP contribution in [-0.4, -0.2) is 25.6 Å². The van der Waals surface area contributed by atoms with Gasteiger partial charge in [0, 0.05) is 0 Å². The highest BCUT2D eigenvalue weighted by atomic mass is 32.2. The van der Waals surface area contributed by atoms with Gasteiger partial charge in [-0.1, -0.05) is 6.07 Å². The highest BCUT2D eigenvalue weighted by molar-refractivity contribution is 7.92. The molecular weight excluding hydrogens is 446 g/mol. The number of benzene rings is 2. The van der Waals surface area contributed by atoms with Crippen LogP contribution in [0, 0.1) is 23.0 Å². The van der Waals surface area contributed by atoms with E-state index in [1.165, 1.54) is 13.0 Å². The molecule has 0 radical (unpaired) electrons. The summed E-state index contributed by atoms with van der Waals surface area (Å²) in [5.41, 5.74) is -0.549. The minimum absolute atomic E-state index is 0.0562. The summed E-state index contributed by atoms with van der Waals surface area (Å²) in [6.45, 7) is 1.47. The Morgan fingerprint density at radius 1 is 1.25 bits per heavy atom. The lowest BCUT2D eigenvalue weighted by molar-refractivity contribution is 0.0934. The van der Waals surface area contributed by atoms with Gasteiger partial charge in [-0.2, -0.15) is 10.2 Å². The van der Waals surface area contributed by atoms with Gasteiger partial charge in [0.25, 0.3) is 5.91 Å². The number of amides is 1. The van der Waals surface area contributed by atoms with Crippen molar-refractivity contribution in [2.45, 2.75) is 13.0 Å². The zero-order valence-corrected chi connectivity index (χ0v) is 17.5. The number of sulfonamides is 1. The number of carbonyl (C=O) groups is 1. The first-order chi connectivity index (χ1) is 15.1. The molecule has 0 saturated heterocycles. The number of anilines is 1. The van der Waals surface area contributed by atoms with Gasteiger partial charge in [0.15, 0.2) is 17.3 Å². The number of halogens is 2. The Labute approximate surface area is 181 Å². The Balaban J connectivity index is 1.70. The van der Waals surface area contributed by atoms with Crippen molar-refractivity contribution < 1.29 is 31.1 Å². The van der Waals surface area contributed by atoms with E-state index in [2.05, 4.69) is 10.3 Å². The van der Waals surface area contributed by atoms with Crippen LogP contribution < -0.4 is 14.8 Å². The van der Waals surface area contributed by atoms with Crippen molar-refractivity contribution in [3.05, 3.63) is 71.1 Å². The van der Waals surface area contributed by atoms with Gasteiger partial charge in [-0.15, -0.1) is 0 Å². The van der Waals surface area contributed by atoms with Crippen LogP contribution in [0.5, 0.6) is 11.8 Å². The molecule has 0 spiro atoms. The molecule has 0 aliphatic carbocycles. The molecule has 12 heteroatoms. The number of nitrogens with zero attached hydrogens (tertiary/aromatic N) is 2. The largest absolute Gasteiger partial charge is 0.416 e. The van der Waals surface area contributed by atoms with Crippen LogP contribution >= 0.6 is 0 Å². The fourth-order valence-corrected chi connectivity index (χ4v) is 3.18. The Kier molecular flexibility index (Phi) is 6.40. The lowest BCUT2D eigenvalue weighted by Crippen LogP contribution is -2.27. The highest BCUT2D eigenvalue weighted by Crippen LogP contribution is 2.26. The van der Waals surface area contributed by atoms with E-state index < -0.39 is 39.3 Å². The normalized spacial score (nSPS) is 12.0. The first-order valence-electron chi connectivity index (χ1n) is 8.97. The smallest absolute Gasteiger partial charge is 0.399 e. The lowest BCUT2D eigenvalue weighted by Gasteiger charge is -2.15. The summed E-state index contributed by atoms with van der Waals surface area (Å²) >= 11 is 0. The molecule has 0 fully saturated rings. The van der Waals surface area contributed by atoms with Crippen molar-refractivity contribution in [1.82, 2.24) is 10.3 Å². The van der Waals surface area contributed by atoms with Crippen LogP contribution in [-0.2, 0) is 10.0 Å². The van der Waals surface area contributed by atoms with E-state index in [4.69, 9.17) is 14.4 Å². The van der Waals surface area contributed by atoms with E-state index in [9.17, 15) is 22.0 Å². The van der Waals surface area contributed by atoms with Crippen molar-refractivity contribution in [2.24, 2.45) is 0 Å². The summed E-state index contributed by atoms with van der Waals surface area (Å²) in [6, 6.07) is 9.11. The topological polar surface area (TPSA) is 134 Å². The third kappa shape index (κ3) is 5.58. The Morgan fingerprint density at radius 2 is 1.94 bits per heavy atom. The van der Waals surface area contributed by atoms with E-state index in [1.807, 2.05) is 6.07 Å². The average Bonchev–Trinajstić information content (AvgIpc) is 3.18. The summed E-state index contributed by atoms with van der Waals surface area (Å²) in [5, 5.41) is 11.4. The zero-order valence-electron chi connectivity index (χ0n) is 16.7. The monoisotopic (exact) mass is 462 g/mol. The predicted molar refractivity (Wildman–Crippen MR) is 108 cm³/mol. The molecule has 2 N–H and O–H groups in total. The molecule has 3 aromatic rings. The van der Waals surface area contributed by atoms with Crippen LogP contribution in [0.25, 0.3) is 0 Å². The molecule has 1 heterocycles. The molecule has 2 aromatic carbocycles. The van der Waals surface area contributed by atoms with Gasteiger partial charge < -0.3 is 14.5 Å². The van der Waals surface area contributed by atoms with Gasteiger partial charge in [-0.25, -0.2) is 17.2 Å². The van der Waals surface area contributed by atoms with Crippen LogP contribution in [0.2, 0.25) is 0 Å². The average molecular weight is 462 g/mol. The fraction of sp³-hybridized carbons (Fsp3) is 0.150. The number of nitriles is 1. The molecule has 0 saturated carbocycles. The number of hydrogen-bond donors (Lipinski definition) is 2. The lowest BCUT2D eigenvalue weighted by atomic mass is 10.1. The quantitative estimate of drug-likeness (QED) is 0.549. The molecule has 3 rings (SSSR count). The fourth-order valence-electron chi connectivity index (χ4n) is 2.62. The molecule has 1 unspecified atom stereocenters. The molecule has 32 heavy (non-hydrogen) atoms. The Morgan fingerprint density at radius 3 is 2.56 bits per heavy atom. The Bertz CT molecular complexity index is 1290. The number of ether oxygens (including phenoxy) is 1. The summed E-state index contributed by atoms with van der Waals surface area (Å²) < 4.78 is 63.0. The molecule has 0 aliphatic heterocycles. The second-order valence-electron chi connectivity index (χ2n) is 6.67. The van der Waals surface area contributed by atoms with E-state index in [1.54, 1.807) is 22.9 Å². The number of aromatic nitrogens is 1. The van der Waals surface area contributed by atoms with Gasteiger partial charge in [0.2, 0.25) is 10.0 Å². The van der Waals surface area contributed by atoms with Gasteiger partial charge in [0.05, 0.1) is 23.9 Å². The molecule has 1 atom stereocenters. The Hall–Kier alpha value is -3.98. The van der Waals surface area contributed by atoms with E-state index in [-0.39, 0.29) is 23.1 Å². The molecule has 0 aliphatic rings. The third-order valence-electron chi connectivity index (χ3n) is 4.08. The zero-order chi connectivity index (χ0) is 23.5. The van der Waals surface area contributed by atoms with Crippen LogP contribution in [0.4, 0.5) is 14.5 Å². The molecule has 0 bridgehead atoms. The summed E-state index contributed by atoms with van der Waals surface area (Å²) in [5.74, 6) is -2.70. The van der Waals surface area contributed by atoms with Gasteiger partial charge in [-0.05, 0) is 42.8 Å². The van der Waals surface area contributed by atoms with E-state index in [0.717, 1.165) is 24.7 Å². The first kappa shape index (κ1) is 22.7. The maximum atomic E-state index is 14.2. The number of rotatable bonds is 7. The second-order valence-corrected chi connectivity index (χ2v) is 8.42. The van der Waals surface area contributed by atoms with Crippen LogP contribution in [0.15, 0.2) is 47.1 Å². The van der Waals surface area contributed by atoms with E-state index >= 15 is 0 Å². The molecule has 1 amide bonds. The summed E-state index contributed by atoms with van der Waals surface area (Å²) in [7, 11) is -3.88. The number of carbonyl (C=O) groups excluding carboxylic acids is 1. The maximum Gasteiger partial charge on any atom is 0.399 e. The van der Waals surface area contributed by atoms with Gasteiger partial charge in [-0.3, -0.25) is 9.52 Å². The number of hydrogen-bond acceptors (Lipinski definition) is 7. The van der Waals surface area contributed by atoms with Crippen molar-refractivity contribution in [2.75, 3.05) is 11.0 Å². The second kappa shape index (κ2) is 9.03. The molecule has 1 aromatic heterocycles. The highest BCUT2D eigenvalue weighted by Gasteiger charge is 2.20.